The number of hydrogen-bond donors (Lipinski definition) is 1. The third-order valence-corrected chi connectivity index (χ3v) is 7.22. The maximum atomic E-state index is 13.9. The van der Waals surface area contributed by atoms with Crippen LogP contribution in [0.1, 0.15) is 23.7 Å². The maximum Gasteiger partial charge on any atom is 0.277 e. The summed E-state index contributed by atoms with van der Waals surface area (Å²) in [5.41, 5.74) is 6.02. The lowest BCUT2D eigenvalue weighted by molar-refractivity contribution is -0.384. The highest BCUT2D eigenvalue weighted by atomic mass is 35.5. The Hall–Kier alpha value is -3.79. The molecule has 1 aliphatic heterocycles. The van der Waals surface area contributed by atoms with Crippen molar-refractivity contribution in [3.05, 3.63) is 114 Å². The van der Waals surface area contributed by atoms with Crippen molar-refractivity contribution >= 4 is 57.7 Å². The van der Waals surface area contributed by atoms with Crippen molar-refractivity contribution in [2.24, 2.45) is 12.0 Å². The lowest BCUT2D eigenvalue weighted by atomic mass is 10.0. The van der Waals surface area contributed by atoms with Gasteiger partial charge in [-0.15, -0.1) is 0 Å². The number of nitrogens with one attached hydrogen (secondary N) is 1. The summed E-state index contributed by atoms with van der Waals surface area (Å²) in [6, 6.07) is 17.9. The van der Waals surface area contributed by atoms with E-state index in [0.717, 1.165) is 11.4 Å². The van der Waals surface area contributed by atoms with Crippen LogP contribution < -0.4 is 16.0 Å². The number of nitrogens with zero attached hydrogens (tertiary/aromatic N) is 5. The molecule has 9 nitrogen and oxygen atoms in total. The van der Waals surface area contributed by atoms with Gasteiger partial charge in [0.2, 0.25) is 0 Å². The summed E-state index contributed by atoms with van der Waals surface area (Å²) in [7, 11) is 1.83. The van der Waals surface area contributed by atoms with Gasteiger partial charge >= 0.3 is 0 Å². The van der Waals surface area contributed by atoms with Crippen molar-refractivity contribution in [2.75, 3.05) is 5.01 Å². The molecule has 1 atom stereocenters. The zero-order chi connectivity index (χ0) is 27.1. The minimum Gasteiger partial charge on any atom is -0.285 e. The van der Waals surface area contributed by atoms with E-state index in [1.807, 2.05) is 49.0 Å². The number of para-hydroxylation sites is 1. The number of nitro groups is 1. The molecule has 194 valence electrons. The molecule has 1 aliphatic rings. The third kappa shape index (κ3) is 4.64. The Labute approximate surface area is 232 Å². The molecule has 38 heavy (non-hydrogen) atoms. The molecular formula is C26H21Cl3N6O3. The minimum absolute atomic E-state index is 0.0334. The van der Waals surface area contributed by atoms with Crippen LogP contribution in [0, 0.1) is 17.0 Å². The van der Waals surface area contributed by atoms with E-state index in [0.29, 0.717) is 44.3 Å². The molecule has 0 amide bonds. The number of hydrazine groups is 1. The molecule has 1 aromatic heterocycles. The van der Waals surface area contributed by atoms with Crippen LogP contribution in [0.3, 0.4) is 0 Å². The first-order chi connectivity index (χ1) is 18.2. The number of non-ortho nitro benzene ring substituents is 1. The molecule has 4 aromatic rings. The summed E-state index contributed by atoms with van der Waals surface area (Å²) < 4.78 is 3.42. The fourth-order valence-electron chi connectivity index (χ4n) is 4.59. The van der Waals surface area contributed by atoms with Crippen molar-refractivity contribution in [3.63, 3.8) is 0 Å². The van der Waals surface area contributed by atoms with E-state index in [1.54, 1.807) is 34.0 Å². The van der Waals surface area contributed by atoms with Gasteiger partial charge in [-0.3, -0.25) is 30.0 Å². The SMILES string of the molecule is Cc1c(C2CC(=Nc3ccc([N+](=O)[O-])cc3)NN2c2c(Cl)cc(Cl)cc2Cl)c(=O)n(-c2ccccc2)n1C. The fourth-order valence-corrected chi connectivity index (χ4v) is 5.59. The van der Waals surface area contributed by atoms with E-state index in [9.17, 15) is 14.9 Å². The molecule has 1 N–H and O–H groups in total. The van der Waals surface area contributed by atoms with Gasteiger partial charge in [-0.2, -0.15) is 0 Å². The van der Waals surface area contributed by atoms with Crippen LogP contribution in [0.25, 0.3) is 5.69 Å². The smallest absolute Gasteiger partial charge is 0.277 e. The summed E-state index contributed by atoms with van der Waals surface area (Å²) >= 11 is 19.3. The maximum absolute atomic E-state index is 13.9. The number of aromatic nitrogens is 2. The molecule has 1 unspecified atom stereocenters. The molecule has 12 heteroatoms. The van der Waals surface area contributed by atoms with Crippen LogP contribution in [0.4, 0.5) is 17.1 Å². The predicted octanol–water partition coefficient (Wildman–Crippen LogP) is 6.54. The molecular weight excluding hydrogens is 551 g/mol. The zero-order valence-electron chi connectivity index (χ0n) is 20.2. The molecule has 1 saturated heterocycles. The summed E-state index contributed by atoms with van der Waals surface area (Å²) in [4.78, 5) is 29.1. The number of hydrogen-bond acceptors (Lipinski definition) is 5. The van der Waals surface area contributed by atoms with E-state index in [4.69, 9.17) is 34.8 Å². The average molecular weight is 572 g/mol. The van der Waals surface area contributed by atoms with E-state index >= 15 is 0 Å². The lowest BCUT2D eigenvalue weighted by Gasteiger charge is -2.27. The topological polar surface area (TPSA) is 97.7 Å². The second kappa shape index (κ2) is 10.2. The number of halogens is 3. The highest BCUT2D eigenvalue weighted by molar-refractivity contribution is 6.41. The predicted molar refractivity (Wildman–Crippen MR) is 150 cm³/mol. The normalized spacial score (nSPS) is 16.2. The van der Waals surface area contributed by atoms with Crippen LogP contribution in [0.5, 0.6) is 0 Å². The van der Waals surface area contributed by atoms with Gasteiger partial charge in [0.1, 0.15) is 5.84 Å². The average Bonchev–Trinajstić information content (AvgIpc) is 3.36. The first-order valence-electron chi connectivity index (χ1n) is 11.5. The summed E-state index contributed by atoms with van der Waals surface area (Å²) in [6.07, 6.45) is 0.321. The highest BCUT2D eigenvalue weighted by Gasteiger charge is 2.37. The molecule has 0 bridgehead atoms. The van der Waals surface area contributed by atoms with Crippen molar-refractivity contribution in [1.82, 2.24) is 14.8 Å². The number of amidine groups is 1. The summed E-state index contributed by atoms with van der Waals surface area (Å²) in [6.45, 7) is 1.88. The first-order valence-corrected chi connectivity index (χ1v) is 12.7. The fraction of sp³-hybridized carbons (Fsp3) is 0.154. The highest BCUT2D eigenvalue weighted by Crippen LogP contribution is 2.42. The van der Waals surface area contributed by atoms with E-state index in [-0.39, 0.29) is 11.2 Å². The molecule has 0 aliphatic carbocycles. The van der Waals surface area contributed by atoms with Gasteiger partial charge in [-0.25, -0.2) is 9.67 Å². The second-order valence-electron chi connectivity index (χ2n) is 8.73. The Kier molecular flexibility index (Phi) is 6.92. The number of aliphatic imine (C=N–C) groups is 1. The third-order valence-electron chi connectivity index (χ3n) is 6.43. The van der Waals surface area contributed by atoms with Crippen LogP contribution in [0.2, 0.25) is 15.1 Å². The molecule has 0 radical (unpaired) electrons. The van der Waals surface area contributed by atoms with Crippen molar-refractivity contribution in [1.29, 1.82) is 0 Å². The Morgan fingerprint density at radius 3 is 2.26 bits per heavy atom. The van der Waals surface area contributed by atoms with E-state index in [1.165, 1.54) is 12.1 Å². The Morgan fingerprint density at radius 2 is 1.66 bits per heavy atom. The standard InChI is InChI=1S/C26H21Cl3N6O3/c1-15-24(26(36)34(32(15)2)18-6-4-3-5-7-18)22-14-23(30-17-8-10-19(11-9-17)35(37)38)31-33(22)25-20(28)12-16(27)13-21(25)29/h3-13,22H,14H2,1-2H3,(H,30,31). The van der Waals surface area contributed by atoms with Crippen LogP contribution in [-0.2, 0) is 7.05 Å². The number of nitro benzene ring substituents is 1. The van der Waals surface area contributed by atoms with Crippen LogP contribution in [-0.4, -0.2) is 20.1 Å². The van der Waals surface area contributed by atoms with Gasteiger partial charge in [0.15, 0.2) is 0 Å². The number of benzene rings is 3. The van der Waals surface area contributed by atoms with Crippen molar-refractivity contribution in [2.45, 2.75) is 19.4 Å². The summed E-state index contributed by atoms with van der Waals surface area (Å²) in [5, 5.41) is 13.7. The first kappa shape index (κ1) is 25.8. The van der Waals surface area contributed by atoms with Gasteiger partial charge in [0, 0.05) is 36.3 Å². The number of rotatable bonds is 5. The minimum atomic E-state index is -0.522. The Morgan fingerprint density at radius 1 is 1.03 bits per heavy atom. The van der Waals surface area contributed by atoms with Crippen molar-refractivity contribution < 1.29 is 4.92 Å². The molecule has 0 saturated carbocycles. The molecule has 1 fully saturated rings. The monoisotopic (exact) mass is 570 g/mol. The van der Waals surface area contributed by atoms with Gasteiger partial charge in [0.25, 0.3) is 11.2 Å². The van der Waals surface area contributed by atoms with Crippen LogP contribution in [0.15, 0.2) is 76.5 Å². The van der Waals surface area contributed by atoms with E-state index in [2.05, 4.69) is 10.4 Å². The summed E-state index contributed by atoms with van der Waals surface area (Å²) in [5.74, 6) is 0.528. The largest absolute Gasteiger partial charge is 0.285 e. The molecule has 2 heterocycles. The molecule has 5 rings (SSSR count). The van der Waals surface area contributed by atoms with E-state index < -0.39 is 11.0 Å². The Bertz CT molecular complexity index is 1610. The van der Waals surface area contributed by atoms with Gasteiger partial charge < -0.3 is 0 Å². The lowest BCUT2D eigenvalue weighted by Crippen LogP contribution is -2.37. The number of anilines is 1. The molecule has 3 aromatic carbocycles. The van der Waals surface area contributed by atoms with Gasteiger partial charge in [-0.1, -0.05) is 53.0 Å². The second-order valence-corrected chi connectivity index (χ2v) is 9.98. The van der Waals surface area contributed by atoms with Gasteiger partial charge in [0.05, 0.1) is 43.6 Å². The zero-order valence-corrected chi connectivity index (χ0v) is 22.5. The quantitative estimate of drug-likeness (QED) is 0.217. The van der Waals surface area contributed by atoms with Crippen molar-refractivity contribution in [3.8, 4) is 5.69 Å². The van der Waals surface area contributed by atoms with Gasteiger partial charge in [-0.05, 0) is 43.3 Å². The molecule has 0 spiro atoms. The Balaban J connectivity index is 1.64. The van der Waals surface area contributed by atoms with Crippen LogP contribution >= 0.6 is 34.8 Å².